The molecule has 0 amide bonds. The molecule has 0 bridgehead atoms. The van der Waals surface area contributed by atoms with E-state index in [1.54, 1.807) is 0 Å². The fourth-order valence-corrected chi connectivity index (χ4v) is 0.751. The van der Waals surface area contributed by atoms with Crippen LogP contribution >= 0.6 is 0 Å². The van der Waals surface area contributed by atoms with Gasteiger partial charge in [0.15, 0.2) is 0 Å². The van der Waals surface area contributed by atoms with Gasteiger partial charge in [-0.25, -0.2) is 0 Å². The lowest BCUT2D eigenvalue weighted by atomic mass is 10.5. The van der Waals surface area contributed by atoms with Crippen LogP contribution in [0.3, 0.4) is 0 Å². The summed E-state index contributed by atoms with van der Waals surface area (Å²) < 4.78 is 47.0. The normalized spacial score (nSPS) is 10.9. The number of ether oxygens (including phenoxy) is 3. The van der Waals surface area contributed by atoms with Crippen molar-refractivity contribution in [3.8, 4) is 0 Å². The van der Waals surface area contributed by atoms with E-state index in [1.165, 1.54) is 0 Å². The summed E-state index contributed by atoms with van der Waals surface area (Å²) in [5.41, 5.74) is 0. The van der Waals surface area contributed by atoms with Gasteiger partial charge in [-0.3, -0.25) is 9.11 Å². The molecule has 9 heteroatoms. The summed E-state index contributed by atoms with van der Waals surface area (Å²) in [7, 11) is -4.67. The number of rotatable bonds is 10. The van der Waals surface area contributed by atoms with Gasteiger partial charge in [-0.15, -0.1) is 0 Å². The Balaban J connectivity index is 0. The molecular formula is C9H22O8S. The van der Waals surface area contributed by atoms with Crippen LogP contribution in [0.5, 0.6) is 0 Å². The van der Waals surface area contributed by atoms with E-state index in [1.807, 2.05) is 0 Å². The lowest BCUT2D eigenvalue weighted by Gasteiger charge is -2.05. The highest BCUT2D eigenvalue weighted by Crippen LogP contribution is 1.82. The Morgan fingerprint density at radius 1 is 0.833 bits per heavy atom. The van der Waals surface area contributed by atoms with Gasteiger partial charge < -0.3 is 19.3 Å². The fourth-order valence-electron chi connectivity index (χ4n) is 0.751. The Bertz CT molecular complexity index is 223. The molecule has 0 saturated heterocycles. The predicted molar refractivity (Wildman–Crippen MR) is 64.0 cm³/mol. The maximum atomic E-state index is 8.74. The first kappa shape index (κ1) is 20.0. The molecule has 0 aliphatic rings. The van der Waals surface area contributed by atoms with Gasteiger partial charge in [0, 0.05) is 6.61 Å². The molecule has 0 radical (unpaired) electrons. The summed E-state index contributed by atoms with van der Waals surface area (Å²) in [5, 5.41) is 8.38. The third-order valence-corrected chi connectivity index (χ3v) is 1.33. The Hall–Kier alpha value is -0.290. The third kappa shape index (κ3) is 36.1. The average Bonchev–Trinajstić information content (AvgIpc) is 2.25. The summed E-state index contributed by atoms with van der Waals surface area (Å²) in [6.07, 6.45) is 1.04. The molecule has 0 atom stereocenters. The van der Waals surface area contributed by atoms with Gasteiger partial charge >= 0.3 is 10.4 Å². The van der Waals surface area contributed by atoms with E-state index in [4.69, 9.17) is 36.8 Å². The molecule has 0 aliphatic heterocycles. The lowest BCUT2D eigenvalue weighted by Crippen LogP contribution is -2.10. The average molecular weight is 290 g/mol. The highest BCUT2D eigenvalue weighted by molar-refractivity contribution is 7.79. The van der Waals surface area contributed by atoms with Gasteiger partial charge in [0.2, 0.25) is 0 Å². The summed E-state index contributed by atoms with van der Waals surface area (Å²) in [6.45, 7) is 5.68. The van der Waals surface area contributed by atoms with Crippen LogP contribution in [0.2, 0.25) is 0 Å². The molecule has 8 nitrogen and oxygen atoms in total. The second-order valence-corrected chi connectivity index (χ2v) is 3.90. The van der Waals surface area contributed by atoms with Crippen molar-refractivity contribution in [2.45, 2.75) is 13.3 Å². The second kappa shape index (κ2) is 14.8. The Morgan fingerprint density at radius 2 is 1.17 bits per heavy atom. The molecule has 0 aromatic heterocycles. The van der Waals surface area contributed by atoms with Crippen molar-refractivity contribution < 1.29 is 36.8 Å². The molecule has 0 fully saturated rings. The molecule has 0 aliphatic carbocycles. The van der Waals surface area contributed by atoms with Crippen LogP contribution in [0.25, 0.3) is 0 Å². The molecule has 18 heavy (non-hydrogen) atoms. The summed E-state index contributed by atoms with van der Waals surface area (Å²) in [5.74, 6) is 0. The van der Waals surface area contributed by atoms with Crippen LogP contribution in [0.1, 0.15) is 13.3 Å². The monoisotopic (exact) mass is 290 g/mol. The van der Waals surface area contributed by atoms with E-state index in [0.29, 0.717) is 33.0 Å². The van der Waals surface area contributed by atoms with Crippen LogP contribution in [0.4, 0.5) is 0 Å². The quantitative estimate of drug-likeness (QED) is 0.373. The Morgan fingerprint density at radius 3 is 1.50 bits per heavy atom. The van der Waals surface area contributed by atoms with Crippen molar-refractivity contribution in [2.75, 3.05) is 46.2 Å². The van der Waals surface area contributed by atoms with Crippen molar-refractivity contribution in [3.63, 3.8) is 0 Å². The van der Waals surface area contributed by atoms with Crippen molar-refractivity contribution >= 4 is 10.4 Å². The molecular weight excluding hydrogens is 268 g/mol. The molecule has 0 aromatic carbocycles. The molecule has 3 N–H and O–H groups in total. The molecule has 0 rings (SSSR count). The van der Waals surface area contributed by atoms with Crippen LogP contribution < -0.4 is 0 Å². The standard InChI is InChI=1S/C9H20O4.H2O4S/c1-2-4-11-6-8-13-9-7-12-5-3-10;1-5(2,3)4/h10H,2-9H2,1H3;(H2,1,2,3,4). The molecule has 0 heterocycles. The topological polar surface area (TPSA) is 123 Å². The van der Waals surface area contributed by atoms with Gasteiger partial charge in [-0.1, -0.05) is 6.92 Å². The van der Waals surface area contributed by atoms with E-state index in [0.717, 1.165) is 13.0 Å². The fraction of sp³-hybridized carbons (Fsp3) is 1.00. The Kier molecular flexibility index (Phi) is 16.4. The van der Waals surface area contributed by atoms with E-state index >= 15 is 0 Å². The van der Waals surface area contributed by atoms with Gasteiger partial charge in [0.25, 0.3) is 0 Å². The SMILES string of the molecule is CCCOCCOCCOCCO.O=S(=O)(O)O. The van der Waals surface area contributed by atoms with Crippen molar-refractivity contribution in [2.24, 2.45) is 0 Å². The van der Waals surface area contributed by atoms with E-state index in [-0.39, 0.29) is 6.61 Å². The van der Waals surface area contributed by atoms with Gasteiger partial charge in [-0.2, -0.15) is 8.42 Å². The number of hydrogen-bond acceptors (Lipinski definition) is 6. The number of aliphatic hydroxyl groups is 1. The largest absolute Gasteiger partial charge is 0.394 e. The van der Waals surface area contributed by atoms with Gasteiger partial charge in [0.05, 0.1) is 39.6 Å². The van der Waals surface area contributed by atoms with Crippen molar-refractivity contribution in [3.05, 3.63) is 0 Å². The first-order valence-corrected chi connectivity index (χ1v) is 6.85. The van der Waals surface area contributed by atoms with E-state index < -0.39 is 10.4 Å². The molecule has 0 spiro atoms. The second-order valence-electron chi connectivity index (χ2n) is 3.01. The smallest absolute Gasteiger partial charge is 0.394 e. The zero-order chi connectivity index (χ0) is 14.3. The summed E-state index contributed by atoms with van der Waals surface area (Å²) in [6, 6.07) is 0. The first-order valence-electron chi connectivity index (χ1n) is 5.45. The first-order chi connectivity index (χ1) is 8.41. The van der Waals surface area contributed by atoms with Crippen LogP contribution in [0, 0.1) is 0 Å². The molecule has 0 unspecified atom stereocenters. The Labute approximate surface area is 107 Å². The van der Waals surface area contributed by atoms with Crippen molar-refractivity contribution in [1.29, 1.82) is 0 Å². The van der Waals surface area contributed by atoms with Crippen molar-refractivity contribution in [1.82, 2.24) is 0 Å². The third-order valence-electron chi connectivity index (χ3n) is 1.33. The van der Waals surface area contributed by atoms with Crippen LogP contribution in [0.15, 0.2) is 0 Å². The van der Waals surface area contributed by atoms with Crippen LogP contribution in [-0.2, 0) is 24.6 Å². The summed E-state index contributed by atoms with van der Waals surface area (Å²) in [4.78, 5) is 0. The molecule has 0 saturated carbocycles. The predicted octanol–water partition coefficient (Wildman–Crippen LogP) is -0.214. The van der Waals surface area contributed by atoms with Gasteiger partial charge in [-0.05, 0) is 6.42 Å². The minimum absolute atomic E-state index is 0.0691. The highest BCUT2D eigenvalue weighted by atomic mass is 32.3. The zero-order valence-corrected chi connectivity index (χ0v) is 11.3. The summed E-state index contributed by atoms with van der Waals surface area (Å²) >= 11 is 0. The van der Waals surface area contributed by atoms with Gasteiger partial charge in [0.1, 0.15) is 0 Å². The molecule has 112 valence electrons. The number of aliphatic hydroxyl groups excluding tert-OH is 1. The van der Waals surface area contributed by atoms with E-state index in [9.17, 15) is 0 Å². The van der Waals surface area contributed by atoms with Crippen LogP contribution in [-0.4, -0.2) is 68.9 Å². The highest BCUT2D eigenvalue weighted by Gasteiger charge is 1.89. The minimum Gasteiger partial charge on any atom is -0.394 e. The maximum absolute atomic E-state index is 8.74. The minimum atomic E-state index is -4.67. The lowest BCUT2D eigenvalue weighted by molar-refractivity contribution is 0.00783. The molecule has 0 aromatic rings. The number of hydrogen-bond donors (Lipinski definition) is 3. The van der Waals surface area contributed by atoms with E-state index in [2.05, 4.69) is 6.92 Å². The zero-order valence-electron chi connectivity index (χ0n) is 10.4. The maximum Gasteiger partial charge on any atom is 0.394 e.